The average molecular weight is 503 g/mol. The van der Waals surface area contributed by atoms with Gasteiger partial charge in [-0.3, -0.25) is 9.59 Å². The molecule has 0 aliphatic heterocycles. The number of rotatable bonds is 13. The van der Waals surface area contributed by atoms with E-state index < -0.39 is 6.04 Å². The van der Waals surface area contributed by atoms with Gasteiger partial charge >= 0.3 is 0 Å². The van der Waals surface area contributed by atoms with Crippen molar-refractivity contribution >= 4 is 23.6 Å². The first-order valence-electron chi connectivity index (χ1n) is 12.8. The zero-order valence-corrected chi connectivity index (χ0v) is 22.5. The van der Waals surface area contributed by atoms with Crippen molar-refractivity contribution in [3.8, 4) is 0 Å². The van der Waals surface area contributed by atoms with E-state index >= 15 is 0 Å². The molecule has 36 heavy (non-hydrogen) atoms. The van der Waals surface area contributed by atoms with Crippen LogP contribution in [0.25, 0.3) is 0 Å². The van der Waals surface area contributed by atoms with E-state index in [9.17, 15) is 9.59 Å². The Kier molecular flexibility index (Phi) is 11.1. The maximum atomic E-state index is 13.7. The number of nitrogens with one attached hydrogen (secondary N) is 1. The van der Waals surface area contributed by atoms with Crippen molar-refractivity contribution < 1.29 is 9.59 Å². The summed E-state index contributed by atoms with van der Waals surface area (Å²) in [6.07, 6.45) is 2.41. The Morgan fingerprint density at radius 2 is 1.47 bits per heavy atom. The Morgan fingerprint density at radius 1 is 0.861 bits per heavy atom. The van der Waals surface area contributed by atoms with Crippen LogP contribution in [-0.2, 0) is 28.3 Å². The van der Waals surface area contributed by atoms with Crippen LogP contribution in [0.15, 0.2) is 78.9 Å². The Morgan fingerprint density at radius 3 is 2.08 bits per heavy atom. The smallest absolute Gasteiger partial charge is 0.243 e. The van der Waals surface area contributed by atoms with Crippen LogP contribution in [0.3, 0.4) is 0 Å². The van der Waals surface area contributed by atoms with Gasteiger partial charge in [-0.05, 0) is 37.0 Å². The van der Waals surface area contributed by atoms with Gasteiger partial charge in [-0.25, -0.2) is 0 Å². The molecule has 0 aliphatic rings. The number of unbranched alkanes of at least 4 members (excludes halogenated alkanes) is 1. The monoisotopic (exact) mass is 502 g/mol. The summed E-state index contributed by atoms with van der Waals surface area (Å²) in [4.78, 5) is 28.9. The topological polar surface area (TPSA) is 49.4 Å². The summed E-state index contributed by atoms with van der Waals surface area (Å²) in [5.41, 5.74) is 5.74. The van der Waals surface area contributed by atoms with E-state index in [4.69, 9.17) is 0 Å². The Labute approximate surface area is 220 Å². The van der Waals surface area contributed by atoms with Gasteiger partial charge in [0.1, 0.15) is 6.04 Å². The van der Waals surface area contributed by atoms with Crippen molar-refractivity contribution in [1.82, 2.24) is 10.2 Å². The quantitative estimate of drug-likeness (QED) is 0.288. The summed E-state index contributed by atoms with van der Waals surface area (Å²) in [6, 6.07) is 25.8. The molecule has 1 N–H and O–H groups in total. The summed E-state index contributed by atoms with van der Waals surface area (Å²) in [5.74, 6) is 0.989. The highest BCUT2D eigenvalue weighted by atomic mass is 32.2. The molecule has 3 aromatic rings. The molecule has 4 nitrogen and oxygen atoms in total. The lowest BCUT2D eigenvalue weighted by Crippen LogP contribution is -2.51. The molecule has 0 heterocycles. The van der Waals surface area contributed by atoms with Gasteiger partial charge < -0.3 is 10.2 Å². The molecular formula is C31H38N2O2S. The number of carbonyl (C=O) groups is 2. The zero-order valence-electron chi connectivity index (χ0n) is 21.7. The number of hydrogen-bond donors (Lipinski definition) is 1. The largest absolute Gasteiger partial charge is 0.354 e. The second kappa shape index (κ2) is 14.5. The highest BCUT2D eigenvalue weighted by molar-refractivity contribution is 7.99. The lowest BCUT2D eigenvalue weighted by Gasteiger charge is -2.31. The fourth-order valence-corrected chi connectivity index (χ4v) is 5.18. The van der Waals surface area contributed by atoms with Crippen LogP contribution >= 0.6 is 11.8 Å². The number of nitrogens with zero attached hydrogens (tertiary/aromatic N) is 1. The third-order valence-electron chi connectivity index (χ3n) is 6.07. The van der Waals surface area contributed by atoms with Gasteiger partial charge in [-0.2, -0.15) is 0 Å². The van der Waals surface area contributed by atoms with Crippen LogP contribution < -0.4 is 5.32 Å². The molecule has 0 unspecified atom stereocenters. The highest BCUT2D eigenvalue weighted by Crippen LogP contribution is 2.20. The van der Waals surface area contributed by atoms with Crippen molar-refractivity contribution in [2.75, 3.05) is 12.3 Å². The predicted octanol–water partition coefficient (Wildman–Crippen LogP) is 6.09. The summed E-state index contributed by atoms with van der Waals surface area (Å²) in [6.45, 7) is 7.32. The molecule has 2 amide bonds. The molecule has 0 aliphatic carbocycles. The zero-order chi connectivity index (χ0) is 25.8. The Bertz CT molecular complexity index is 1080. The average Bonchev–Trinajstić information content (AvgIpc) is 2.87. The first kappa shape index (κ1) is 27.5. The normalized spacial score (nSPS) is 11.6. The van der Waals surface area contributed by atoms with Gasteiger partial charge in [-0.15, -0.1) is 11.8 Å². The number of aryl methyl sites for hydroxylation is 2. The molecule has 0 aromatic heterocycles. The van der Waals surface area contributed by atoms with Crippen LogP contribution in [-0.4, -0.2) is 35.1 Å². The number of thioether (sulfide) groups is 1. The molecule has 0 saturated carbocycles. The van der Waals surface area contributed by atoms with Crippen LogP contribution in [0, 0.1) is 13.8 Å². The van der Waals surface area contributed by atoms with Crippen LogP contribution in [0.1, 0.15) is 47.6 Å². The third-order valence-corrected chi connectivity index (χ3v) is 7.06. The second-order valence-corrected chi connectivity index (χ2v) is 10.3. The van der Waals surface area contributed by atoms with Crippen molar-refractivity contribution in [3.63, 3.8) is 0 Å². The van der Waals surface area contributed by atoms with Gasteiger partial charge in [0.2, 0.25) is 11.8 Å². The molecule has 3 aromatic carbocycles. The molecule has 0 spiro atoms. The van der Waals surface area contributed by atoms with Gasteiger partial charge in [0.05, 0.1) is 5.75 Å². The van der Waals surface area contributed by atoms with Crippen LogP contribution in [0.5, 0.6) is 0 Å². The molecule has 0 fully saturated rings. The standard InChI is InChI=1S/C31H38N2O2S/c1-4-5-16-32-31(35)29(20-26-12-8-6-9-13-26)33(21-27-14-10-7-11-15-27)30(34)23-36-22-28-18-24(2)17-25(3)19-28/h6-15,17-19,29H,4-5,16,20-23H2,1-3H3,(H,32,35)/t29-/m1/s1. The predicted molar refractivity (Wildman–Crippen MR) is 151 cm³/mol. The Hall–Kier alpha value is -3.05. The molecule has 190 valence electrons. The summed E-state index contributed by atoms with van der Waals surface area (Å²) < 4.78 is 0. The third kappa shape index (κ3) is 8.87. The fraction of sp³-hybridized carbons (Fsp3) is 0.355. The van der Waals surface area contributed by atoms with E-state index in [2.05, 4.69) is 44.3 Å². The van der Waals surface area contributed by atoms with Gasteiger partial charge in [0.15, 0.2) is 0 Å². The van der Waals surface area contributed by atoms with Gasteiger partial charge in [0, 0.05) is 25.3 Å². The van der Waals surface area contributed by atoms with E-state index in [1.807, 2.05) is 60.7 Å². The number of carbonyl (C=O) groups excluding carboxylic acids is 2. The summed E-state index contributed by atoms with van der Waals surface area (Å²) in [7, 11) is 0. The van der Waals surface area contributed by atoms with Crippen molar-refractivity contribution in [3.05, 3.63) is 107 Å². The number of hydrogen-bond acceptors (Lipinski definition) is 3. The van der Waals surface area contributed by atoms with E-state index in [1.165, 1.54) is 16.7 Å². The molecule has 0 saturated heterocycles. The van der Waals surface area contributed by atoms with E-state index in [-0.39, 0.29) is 11.8 Å². The van der Waals surface area contributed by atoms with E-state index in [0.717, 1.165) is 29.7 Å². The summed E-state index contributed by atoms with van der Waals surface area (Å²) >= 11 is 1.60. The fourth-order valence-electron chi connectivity index (χ4n) is 4.33. The minimum atomic E-state index is -0.571. The molecule has 0 radical (unpaired) electrons. The molecule has 1 atom stereocenters. The minimum Gasteiger partial charge on any atom is -0.354 e. The van der Waals surface area contributed by atoms with Gasteiger partial charge in [-0.1, -0.05) is 103 Å². The van der Waals surface area contributed by atoms with Crippen LogP contribution in [0.4, 0.5) is 0 Å². The molecular weight excluding hydrogens is 464 g/mol. The first-order valence-corrected chi connectivity index (χ1v) is 13.9. The minimum absolute atomic E-state index is 0.0141. The van der Waals surface area contributed by atoms with Crippen LogP contribution in [0.2, 0.25) is 0 Å². The number of amides is 2. The first-order chi connectivity index (χ1) is 17.5. The van der Waals surface area contributed by atoms with E-state index in [0.29, 0.717) is 25.3 Å². The lowest BCUT2D eigenvalue weighted by atomic mass is 10.0. The maximum Gasteiger partial charge on any atom is 0.243 e. The Balaban J connectivity index is 1.80. The van der Waals surface area contributed by atoms with E-state index in [1.54, 1.807) is 16.7 Å². The molecule has 3 rings (SSSR count). The highest BCUT2D eigenvalue weighted by Gasteiger charge is 2.30. The lowest BCUT2D eigenvalue weighted by molar-refractivity contribution is -0.139. The van der Waals surface area contributed by atoms with Gasteiger partial charge in [0.25, 0.3) is 0 Å². The van der Waals surface area contributed by atoms with Crippen molar-refractivity contribution in [1.29, 1.82) is 0 Å². The summed E-state index contributed by atoms with van der Waals surface area (Å²) in [5, 5.41) is 3.08. The second-order valence-electron chi connectivity index (χ2n) is 9.35. The van der Waals surface area contributed by atoms with Crippen molar-refractivity contribution in [2.45, 2.75) is 58.4 Å². The van der Waals surface area contributed by atoms with Crippen molar-refractivity contribution in [2.24, 2.45) is 0 Å². The maximum absolute atomic E-state index is 13.7. The molecule has 0 bridgehead atoms. The molecule has 5 heteroatoms. The SMILES string of the molecule is CCCCNC(=O)[C@@H](Cc1ccccc1)N(Cc1ccccc1)C(=O)CSCc1cc(C)cc(C)c1. The number of benzene rings is 3.